The van der Waals surface area contributed by atoms with Crippen LogP contribution in [0.4, 0.5) is 0 Å². The summed E-state index contributed by atoms with van der Waals surface area (Å²) in [5, 5.41) is 2.75. The van der Waals surface area contributed by atoms with Gasteiger partial charge in [-0.25, -0.2) is 0 Å². The molecule has 14 heavy (non-hydrogen) atoms. The summed E-state index contributed by atoms with van der Waals surface area (Å²) >= 11 is 0. The maximum Gasteiger partial charge on any atom is 0.242 e. The molecule has 2 aliphatic rings. The van der Waals surface area contributed by atoms with Gasteiger partial charge < -0.3 is 10.2 Å². The molecule has 1 saturated carbocycles. The third-order valence-corrected chi connectivity index (χ3v) is 2.98. The smallest absolute Gasteiger partial charge is 0.242 e. The Morgan fingerprint density at radius 1 is 1.57 bits per heavy atom. The number of carbonyl (C=O) groups excluding carboxylic acids is 2. The van der Waals surface area contributed by atoms with E-state index >= 15 is 0 Å². The Labute approximate surface area is 83.6 Å². The van der Waals surface area contributed by atoms with Gasteiger partial charge in [0.1, 0.15) is 6.04 Å². The molecule has 1 atom stereocenters. The Balaban J connectivity index is 1.93. The molecule has 1 aliphatic heterocycles. The van der Waals surface area contributed by atoms with Crippen LogP contribution in [-0.4, -0.2) is 35.8 Å². The Morgan fingerprint density at radius 2 is 2.29 bits per heavy atom. The molecule has 4 heteroatoms. The minimum absolute atomic E-state index is 0.0274. The van der Waals surface area contributed by atoms with Gasteiger partial charge in [-0.2, -0.15) is 0 Å². The quantitative estimate of drug-likeness (QED) is 0.682. The average Bonchev–Trinajstić information content (AvgIpc) is 2.93. The molecular weight excluding hydrogens is 180 g/mol. The Hall–Kier alpha value is -1.06. The number of nitrogens with zero attached hydrogens (tertiary/aromatic N) is 1. The van der Waals surface area contributed by atoms with Crippen molar-refractivity contribution in [3.63, 3.8) is 0 Å². The second-order valence-electron chi connectivity index (χ2n) is 4.20. The fraction of sp³-hybridized carbons (Fsp3) is 0.800. The summed E-state index contributed by atoms with van der Waals surface area (Å²) in [4.78, 5) is 24.8. The van der Waals surface area contributed by atoms with Crippen molar-refractivity contribution in [2.45, 2.75) is 32.2 Å². The molecule has 1 saturated heterocycles. The zero-order valence-corrected chi connectivity index (χ0v) is 8.45. The fourth-order valence-corrected chi connectivity index (χ4v) is 1.81. The number of hydrogen-bond acceptors (Lipinski definition) is 2. The highest BCUT2D eigenvalue weighted by atomic mass is 16.2. The third-order valence-electron chi connectivity index (χ3n) is 2.98. The number of carbonyl (C=O) groups is 2. The molecule has 1 heterocycles. The van der Waals surface area contributed by atoms with E-state index in [0.717, 1.165) is 0 Å². The molecule has 1 unspecified atom stereocenters. The summed E-state index contributed by atoms with van der Waals surface area (Å²) in [6.45, 7) is 3.05. The standard InChI is InChI=1S/C10H16N2O2/c1-7-10(14)11-4-5-12(7)9(13)6-8-2-3-8/h7-8H,2-6H2,1H3,(H,11,14). The first kappa shape index (κ1) is 9.49. The number of piperazine rings is 1. The Morgan fingerprint density at radius 3 is 2.93 bits per heavy atom. The third kappa shape index (κ3) is 1.89. The molecule has 0 radical (unpaired) electrons. The minimum Gasteiger partial charge on any atom is -0.353 e. The number of amides is 2. The fourth-order valence-electron chi connectivity index (χ4n) is 1.81. The zero-order chi connectivity index (χ0) is 10.1. The van der Waals surface area contributed by atoms with Gasteiger partial charge in [0.05, 0.1) is 0 Å². The van der Waals surface area contributed by atoms with Gasteiger partial charge in [-0.15, -0.1) is 0 Å². The molecule has 0 aromatic rings. The molecule has 1 N–H and O–H groups in total. The van der Waals surface area contributed by atoms with Crippen LogP contribution in [0.15, 0.2) is 0 Å². The molecule has 2 fully saturated rings. The van der Waals surface area contributed by atoms with Crippen LogP contribution in [-0.2, 0) is 9.59 Å². The van der Waals surface area contributed by atoms with Crippen molar-refractivity contribution in [2.75, 3.05) is 13.1 Å². The predicted molar refractivity (Wildman–Crippen MR) is 51.5 cm³/mol. The first-order chi connectivity index (χ1) is 6.68. The highest BCUT2D eigenvalue weighted by molar-refractivity contribution is 5.88. The summed E-state index contributed by atoms with van der Waals surface area (Å²) in [6, 6.07) is -0.282. The molecule has 0 aromatic heterocycles. The summed E-state index contributed by atoms with van der Waals surface area (Å²) in [7, 11) is 0. The van der Waals surface area contributed by atoms with Crippen LogP contribution in [0.3, 0.4) is 0 Å². The second-order valence-corrected chi connectivity index (χ2v) is 4.20. The van der Waals surface area contributed by atoms with Gasteiger partial charge in [0, 0.05) is 19.5 Å². The van der Waals surface area contributed by atoms with Crippen LogP contribution >= 0.6 is 0 Å². The first-order valence-corrected chi connectivity index (χ1v) is 5.25. The lowest BCUT2D eigenvalue weighted by molar-refractivity contribution is -0.142. The topological polar surface area (TPSA) is 49.4 Å². The highest BCUT2D eigenvalue weighted by Crippen LogP contribution is 2.33. The number of nitrogens with one attached hydrogen (secondary N) is 1. The number of hydrogen-bond donors (Lipinski definition) is 1. The van der Waals surface area contributed by atoms with Gasteiger partial charge in [0.25, 0.3) is 0 Å². The van der Waals surface area contributed by atoms with Crippen LogP contribution in [0.25, 0.3) is 0 Å². The summed E-state index contributed by atoms with van der Waals surface area (Å²) in [5.41, 5.74) is 0. The lowest BCUT2D eigenvalue weighted by atomic mass is 10.1. The molecule has 0 spiro atoms. The number of rotatable bonds is 2. The summed E-state index contributed by atoms with van der Waals surface area (Å²) in [6.07, 6.45) is 3.00. The maximum atomic E-state index is 11.8. The molecule has 0 bridgehead atoms. The molecule has 4 nitrogen and oxygen atoms in total. The van der Waals surface area contributed by atoms with E-state index in [1.54, 1.807) is 11.8 Å². The van der Waals surface area contributed by atoms with Gasteiger partial charge in [-0.05, 0) is 25.7 Å². The van der Waals surface area contributed by atoms with Crippen molar-refractivity contribution in [3.05, 3.63) is 0 Å². The van der Waals surface area contributed by atoms with E-state index in [2.05, 4.69) is 5.32 Å². The maximum absolute atomic E-state index is 11.8. The van der Waals surface area contributed by atoms with Gasteiger partial charge in [-0.1, -0.05) is 0 Å². The monoisotopic (exact) mass is 196 g/mol. The lowest BCUT2D eigenvalue weighted by Gasteiger charge is -2.32. The van der Waals surface area contributed by atoms with Gasteiger partial charge >= 0.3 is 0 Å². The van der Waals surface area contributed by atoms with Crippen molar-refractivity contribution in [1.82, 2.24) is 10.2 Å². The molecule has 78 valence electrons. The summed E-state index contributed by atoms with van der Waals surface area (Å²) < 4.78 is 0. The van der Waals surface area contributed by atoms with E-state index in [1.807, 2.05) is 0 Å². The van der Waals surface area contributed by atoms with Crippen LogP contribution < -0.4 is 5.32 Å². The SMILES string of the molecule is CC1C(=O)NCCN1C(=O)CC1CC1. The van der Waals surface area contributed by atoms with Crippen LogP contribution in [0.1, 0.15) is 26.2 Å². The Bertz CT molecular complexity index is 261. The van der Waals surface area contributed by atoms with Crippen molar-refractivity contribution in [2.24, 2.45) is 5.92 Å². The van der Waals surface area contributed by atoms with Crippen molar-refractivity contribution in [3.8, 4) is 0 Å². The lowest BCUT2D eigenvalue weighted by Crippen LogP contribution is -2.55. The van der Waals surface area contributed by atoms with Gasteiger partial charge in [-0.3, -0.25) is 9.59 Å². The second kappa shape index (κ2) is 3.59. The molecule has 1 aliphatic carbocycles. The Kier molecular flexibility index (Phi) is 2.44. The summed E-state index contributed by atoms with van der Waals surface area (Å²) in [5.74, 6) is 0.718. The van der Waals surface area contributed by atoms with E-state index in [-0.39, 0.29) is 17.9 Å². The normalized spacial score (nSPS) is 27.4. The van der Waals surface area contributed by atoms with Crippen LogP contribution in [0.5, 0.6) is 0 Å². The van der Waals surface area contributed by atoms with Crippen LogP contribution in [0.2, 0.25) is 0 Å². The van der Waals surface area contributed by atoms with E-state index < -0.39 is 0 Å². The van der Waals surface area contributed by atoms with E-state index in [1.165, 1.54) is 12.8 Å². The predicted octanol–water partition coefficient (Wildman–Crippen LogP) is 0.133. The van der Waals surface area contributed by atoms with Crippen molar-refractivity contribution >= 4 is 11.8 Å². The van der Waals surface area contributed by atoms with E-state index in [0.29, 0.717) is 25.4 Å². The van der Waals surface area contributed by atoms with Gasteiger partial charge in [0.2, 0.25) is 11.8 Å². The first-order valence-electron chi connectivity index (χ1n) is 5.25. The largest absolute Gasteiger partial charge is 0.353 e. The molecule has 2 rings (SSSR count). The molecule has 0 aromatic carbocycles. The van der Waals surface area contributed by atoms with Crippen molar-refractivity contribution in [1.29, 1.82) is 0 Å². The van der Waals surface area contributed by atoms with Crippen molar-refractivity contribution < 1.29 is 9.59 Å². The van der Waals surface area contributed by atoms with Crippen LogP contribution in [0, 0.1) is 5.92 Å². The minimum atomic E-state index is -0.282. The average molecular weight is 196 g/mol. The molecular formula is C10H16N2O2. The zero-order valence-electron chi connectivity index (χ0n) is 8.45. The van der Waals surface area contributed by atoms with E-state index in [9.17, 15) is 9.59 Å². The molecule has 2 amide bonds. The highest BCUT2D eigenvalue weighted by Gasteiger charge is 2.32. The van der Waals surface area contributed by atoms with E-state index in [4.69, 9.17) is 0 Å². The van der Waals surface area contributed by atoms with Gasteiger partial charge in [0.15, 0.2) is 0 Å².